The lowest BCUT2D eigenvalue weighted by molar-refractivity contribution is -0.137. The number of carboxylic acids is 1. The van der Waals surface area contributed by atoms with Gasteiger partial charge in [0.25, 0.3) is 0 Å². The van der Waals surface area contributed by atoms with Crippen molar-refractivity contribution < 1.29 is 9.90 Å². The third-order valence-corrected chi connectivity index (χ3v) is 1.83. The fourth-order valence-corrected chi connectivity index (χ4v) is 1.01. The van der Waals surface area contributed by atoms with Crippen molar-refractivity contribution in [3.05, 3.63) is 18.2 Å². The Morgan fingerprint density at radius 2 is 2.14 bits per heavy atom. The van der Waals surface area contributed by atoms with Crippen molar-refractivity contribution in [3.8, 4) is 0 Å². The highest BCUT2D eigenvalue weighted by molar-refractivity contribution is 5.76. The second-order valence-electron chi connectivity index (χ2n) is 2.96. The van der Waals surface area contributed by atoms with E-state index in [0.29, 0.717) is 17.9 Å². The molecule has 0 radical (unpaired) electrons. The van der Waals surface area contributed by atoms with Crippen molar-refractivity contribution in [1.82, 2.24) is 9.97 Å². The molecule has 1 aromatic rings. The molecule has 0 amide bonds. The number of rotatable bonds is 4. The summed E-state index contributed by atoms with van der Waals surface area (Å²) in [7, 11) is 0. The quantitative estimate of drug-likeness (QED) is 0.751. The van der Waals surface area contributed by atoms with Crippen molar-refractivity contribution in [2.75, 3.05) is 5.32 Å². The fourth-order valence-electron chi connectivity index (χ4n) is 1.01. The number of nitrogens with zero attached hydrogens (tertiary/aromatic N) is 2. The predicted molar refractivity (Wildman–Crippen MR) is 52.1 cm³/mol. The number of aliphatic carboxylic acids is 1. The number of carboxylic acid groups (broad SMARTS) is 1. The molecule has 76 valence electrons. The van der Waals surface area contributed by atoms with Gasteiger partial charge in [0.1, 0.15) is 11.9 Å². The molecule has 0 aliphatic heterocycles. The van der Waals surface area contributed by atoms with E-state index in [1.165, 1.54) is 0 Å². The van der Waals surface area contributed by atoms with Crippen molar-refractivity contribution in [2.24, 2.45) is 0 Å². The highest BCUT2D eigenvalue weighted by atomic mass is 16.4. The zero-order valence-corrected chi connectivity index (χ0v) is 8.19. The highest BCUT2D eigenvalue weighted by Crippen LogP contribution is 2.06. The molecule has 2 N–H and O–H groups in total. The van der Waals surface area contributed by atoms with Crippen LogP contribution in [-0.2, 0) is 4.79 Å². The number of aromatic nitrogens is 2. The minimum atomic E-state index is -0.868. The normalized spacial score (nSPS) is 12.1. The summed E-state index contributed by atoms with van der Waals surface area (Å²) in [5, 5.41) is 11.6. The van der Waals surface area contributed by atoms with E-state index in [1.54, 1.807) is 26.2 Å². The first kappa shape index (κ1) is 10.4. The Hall–Kier alpha value is -1.65. The van der Waals surface area contributed by atoms with Crippen LogP contribution in [0.1, 0.15) is 19.2 Å². The molecule has 1 rings (SSSR count). The van der Waals surface area contributed by atoms with Gasteiger partial charge in [-0.1, -0.05) is 6.92 Å². The van der Waals surface area contributed by atoms with Crippen LogP contribution in [0.3, 0.4) is 0 Å². The summed E-state index contributed by atoms with van der Waals surface area (Å²) in [6.07, 6.45) is 3.67. The molecule has 0 saturated heterocycles. The van der Waals surface area contributed by atoms with E-state index in [4.69, 9.17) is 5.11 Å². The summed E-state index contributed by atoms with van der Waals surface area (Å²) >= 11 is 0. The summed E-state index contributed by atoms with van der Waals surface area (Å²) in [5.41, 5.74) is 0.629. The molecule has 0 aromatic carbocycles. The van der Waals surface area contributed by atoms with E-state index in [1.807, 2.05) is 0 Å². The average molecular weight is 195 g/mol. The molecule has 1 unspecified atom stereocenters. The van der Waals surface area contributed by atoms with Crippen LogP contribution in [0.5, 0.6) is 0 Å². The van der Waals surface area contributed by atoms with Crippen LogP contribution in [0.25, 0.3) is 0 Å². The van der Waals surface area contributed by atoms with Crippen LogP contribution in [0.15, 0.2) is 12.4 Å². The Kier molecular flexibility index (Phi) is 3.39. The number of anilines is 1. The monoisotopic (exact) mass is 195 g/mol. The molecule has 1 heterocycles. The van der Waals surface area contributed by atoms with E-state index in [2.05, 4.69) is 15.3 Å². The number of hydrogen-bond acceptors (Lipinski definition) is 4. The van der Waals surface area contributed by atoms with Gasteiger partial charge in [-0.2, -0.15) is 0 Å². The van der Waals surface area contributed by atoms with Gasteiger partial charge in [-0.25, -0.2) is 14.8 Å². The third-order valence-electron chi connectivity index (χ3n) is 1.83. The SMILES string of the molecule is CCC(Nc1cnc(C)nc1)C(=O)O. The Morgan fingerprint density at radius 3 is 2.57 bits per heavy atom. The van der Waals surface area contributed by atoms with Crippen LogP contribution < -0.4 is 5.32 Å². The van der Waals surface area contributed by atoms with Gasteiger partial charge in [-0.05, 0) is 13.3 Å². The number of nitrogens with one attached hydrogen (secondary N) is 1. The van der Waals surface area contributed by atoms with Crippen molar-refractivity contribution >= 4 is 11.7 Å². The van der Waals surface area contributed by atoms with Gasteiger partial charge in [0.2, 0.25) is 0 Å². The minimum absolute atomic E-state index is 0.517. The lowest BCUT2D eigenvalue weighted by Gasteiger charge is -2.12. The van der Waals surface area contributed by atoms with Crippen LogP contribution in [-0.4, -0.2) is 27.1 Å². The third kappa shape index (κ3) is 2.69. The molecule has 1 atom stereocenters. The summed E-state index contributed by atoms with van der Waals surface area (Å²) in [4.78, 5) is 18.6. The number of carbonyl (C=O) groups is 1. The Labute approximate surface area is 82.2 Å². The molecular formula is C9H13N3O2. The molecule has 0 bridgehead atoms. The first-order chi connectivity index (χ1) is 6.63. The van der Waals surface area contributed by atoms with Gasteiger partial charge in [0.15, 0.2) is 0 Å². The molecule has 0 spiro atoms. The molecule has 0 aliphatic carbocycles. The second-order valence-corrected chi connectivity index (χ2v) is 2.96. The van der Waals surface area contributed by atoms with E-state index in [0.717, 1.165) is 0 Å². The summed E-state index contributed by atoms with van der Waals surface area (Å²) in [5.74, 6) is -0.202. The first-order valence-corrected chi connectivity index (χ1v) is 4.41. The zero-order chi connectivity index (χ0) is 10.6. The van der Waals surface area contributed by atoms with Crippen molar-refractivity contribution in [3.63, 3.8) is 0 Å². The van der Waals surface area contributed by atoms with Gasteiger partial charge >= 0.3 is 5.97 Å². The Balaban J connectivity index is 2.67. The standard InChI is InChI=1S/C9H13N3O2/c1-3-8(9(13)14)12-7-4-10-6(2)11-5-7/h4-5,8,12H,3H2,1-2H3,(H,13,14). The van der Waals surface area contributed by atoms with Crippen LogP contribution in [0, 0.1) is 6.92 Å². The summed E-state index contributed by atoms with van der Waals surface area (Å²) in [6, 6.07) is -0.582. The number of hydrogen-bond donors (Lipinski definition) is 2. The second kappa shape index (κ2) is 4.55. The molecule has 5 heteroatoms. The topological polar surface area (TPSA) is 75.1 Å². The van der Waals surface area contributed by atoms with Gasteiger partial charge < -0.3 is 10.4 Å². The molecular weight excluding hydrogens is 182 g/mol. The van der Waals surface area contributed by atoms with Crippen LogP contribution in [0.2, 0.25) is 0 Å². The Morgan fingerprint density at radius 1 is 1.57 bits per heavy atom. The summed E-state index contributed by atoms with van der Waals surface area (Å²) < 4.78 is 0. The van der Waals surface area contributed by atoms with E-state index in [-0.39, 0.29) is 0 Å². The minimum Gasteiger partial charge on any atom is -0.480 e. The molecule has 0 fully saturated rings. The number of aryl methyl sites for hydroxylation is 1. The average Bonchev–Trinajstić information content (AvgIpc) is 2.16. The zero-order valence-electron chi connectivity index (χ0n) is 8.19. The van der Waals surface area contributed by atoms with Gasteiger partial charge in [-0.15, -0.1) is 0 Å². The van der Waals surface area contributed by atoms with E-state index >= 15 is 0 Å². The highest BCUT2D eigenvalue weighted by Gasteiger charge is 2.14. The maximum Gasteiger partial charge on any atom is 0.326 e. The van der Waals surface area contributed by atoms with Crippen LogP contribution in [0.4, 0.5) is 5.69 Å². The van der Waals surface area contributed by atoms with Gasteiger partial charge in [-0.3, -0.25) is 0 Å². The molecule has 1 aromatic heterocycles. The molecule has 14 heavy (non-hydrogen) atoms. The molecule has 0 saturated carbocycles. The van der Waals surface area contributed by atoms with Crippen LogP contribution >= 0.6 is 0 Å². The maximum absolute atomic E-state index is 10.7. The van der Waals surface area contributed by atoms with E-state index < -0.39 is 12.0 Å². The largest absolute Gasteiger partial charge is 0.480 e. The maximum atomic E-state index is 10.7. The van der Waals surface area contributed by atoms with Gasteiger partial charge in [0.05, 0.1) is 18.1 Å². The van der Waals surface area contributed by atoms with Crippen molar-refractivity contribution in [1.29, 1.82) is 0 Å². The Bertz CT molecular complexity index is 310. The lowest BCUT2D eigenvalue weighted by atomic mass is 10.2. The molecule has 0 aliphatic rings. The fraction of sp³-hybridized carbons (Fsp3) is 0.444. The molecule has 5 nitrogen and oxygen atoms in total. The smallest absolute Gasteiger partial charge is 0.326 e. The van der Waals surface area contributed by atoms with E-state index in [9.17, 15) is 4.79 Å². The predicted octanol–water partition coefficient (Wildman–Crippen LogP) is 1.06. The summed E-state index contributed by atoms with van der Waals surface area (Å²) in [6.45, 7) is 3.58. The van der Waals surface area contributed by atoms with Crippen molar-refractivity contribution in [2.45, 2.75) is 26.3 Å². The first-order valence-electron chi connectivity index (χ1n) is 4.41. The van der Waals surface area contributed by atoms with Gasteiger partial charge in [0, 0.05) is 0 Å². The lowest BCUT2D eigenvalue weighted by Crippen LogP contribution is -2.28.